The Bertz CT molecular complexity index is 3070. The largest absolute Gasteiger partial charge is 0.501 e. The number of fused-ring (bicyclic) bond motifs is 4. The van der Waals surface area contributed by atoms with E-state index in [-0.39, 0.29) is 25.5 Å². The first-order chi connectivity index (χ1) is 29.3. The van der Waals surface area contributed by atoms with Crippen LogP contribution in [0, 0.1) is 24.5 Å². The average molecular weight is 997 g/mol. The number of hydrogen-bond donors (Lipinski definition) is 0. The molecule has 0 saturated carbocycles. The molecule has 0 aliphatic rings. The third kappa shape index (κ3) is 9.11. The Balaban J connectivity index is 0.000000213. The fourth-order valence-corrected chi connectivity index (χ4v) is 9.24. The molecule has 311 valence electrons. The molecular formula is C54H54IrN4OSi-2. The molecule has 0 bridgehead atoms. The van der Waals surface area contributed by atoms with Crippen molar-refractivity contribution in [3.05, 3.63) is 163 Å². The summed E-state index contributed by atoms with van der Waals surface area (Å²) in [5, 5.41) is 3.30. The van der Waals surface area contributed by atoms with E-state index in [2.05, 4.69) is 135 Å². The van der Waals surface area contributed by atoms with E-state index in [4.69, 9.17) is 12.1 Å². The van der Waals surface area contributed by atoms with Crippen molar-refractivity contribution in [2.75, 3.05) is 0 Å². The first-order valence-electron chi connectivity index (χ1n) is 21.7. The van der Waals surface area contributed by atoms with Crippen molar-refractivity contribution < 1.29 is 27.3 Å². The topological polar surface area (TPSA) is 56.7 Å². The molecule has 4 heterocycles. The molecule has 0 aliphatic carbocycles. The van der Waals surface area contributed by atoms with E-state index < -0.39 is 19.9 Å². The molecule has 0 unspecified atom stereocenters. The predicted molar refractivity (Wildman–Crippen MR) is 254 cm³/mol. The number of aryl methyl sites for hydroxylation is 1. The maximum atomic E-state index is 8.75. The first-order valence-corrected chi connectivity index (χ1v) is 24.2. The van der Waals surface area contributed by atoms with E-state index in [1.165, 1.54) is 16.7 Å². The van der Waals surface area contributed by atoms with Crippen molar-refractivity contribution >= 4 is 46.2 Å². The Labute approximate surface area is 378 Å². The Hall–Kier alpha value is -5.46. The van der Waals surface area contributed by atoms with Crippen LogP contribution in [-0.4, -0.2) is 27.6 Å². The zero-order chi connectivity index (χ0) is 44.2. The van der Waals surface area contributed by atoms with Crippen molar-refractivity contribution in [1.29, 1.82) is 0 Å². The Kier molecular flexibility index (Phi) is 11.5. The summed E-state index contributed by atoms with van der Waals surface area (Å²) in [5.41, 5.74) is 12.1. The molecule has 0 saturated heterocycles. The number of rotatable bonds is 6. The van der Waals surface area contributed by atoms with Crippen molar-refractivity contribution in [3.63, 3.8) is 0 Å². The normalized spacial score (nSPS) is 12.8. The average Bonchev–Trinajstić information content (AvgIpc) is 3.83. The molecule has 9 rings (SSSR count). The number of nitrogens with zero attached hydrogens (tertiary/aromatic N) is 4. The molecule has 0 spiro atoms. The zero-order valence-electron chi connectivity index (χ0n) is 38.7. The molecule has 0 N–H and O–H groups in total. The third-order valence-electron chi connectivity index (χ3n) is 10.7. The third-order valence-corrected chi connectivity index (χ3v) is 12.7. The van der Waals surface area contributed by atoms with Crippen LogP contribution in [0.2, 0.25) is 19.6 Å². The molecule has 61 heavy (non-hydrogen) atoms. The molecule has 5 nitrogen and oxygen atoms in total. The fraction of sp³-hybridized carbons (Fsp3) is 0.241. The molecule has 0 fully saturated rings. The van der Waals surface area contributed by atoms with Gasteiger partial charge in [0.2, 0.25) is 0 Å². The number of benzene rings is 5. The van der Waals surface area contributed by atoms with Crippen LogP contribution in [0.25, 0.3) is 72.4 Å². The van der Waals surface area contributed by atoms with E-state index >= 15 is 0 Å². The Morgan fingerprint density at radius 2 is 1.54 bits per heavy atom. The molecular weight excluding hydrogens is 941 g/mol. The van der Waals surface area contributed by atoms with Gasteiger partial charge in [-0.05, 0) is 69.0 Å². The molecule has 7 heteroatoms. The number of hydrogen-bond acceptors (Lipinski definition) is 4. The molecule has 0 aliphatic heterocycles. The van der Waals surface area contributed by atoms with Gasteiger partial charge < -0.3 is 14.0 Å². The van der Waals surface area contributed by atoms with Crippen LogP contribution in [-0.2, 0) is 31.9 Å². The van der Waals surface area contributed by atoms with E-state index in [1.54, 1.807) is 0 Å². The molecule has 4 aromatic heterocycles. The first kappa shape index (κ1) is 40.9. The maximum absolute atomic E-state index is 8.75. The standard InChI is InChI=1S/C35H28N3O.C19H26NSi.Ir/c1-22-14-16-26(33-32(22)25-12-8-9-13-31(25)39-33)34-37-28-21-36-19-18-30(28)38(34)29-17-15-24(20-27(29)35(2,3)4)23-10-6-5-7-11-23;1-19(2,3)13-16-12-17(15-10-8-7-9-11-15)20-14-18(16)21(4,5)6;/h5-15,17-21H,1-4H3;7-10,12,14H,13H2,1-6H3;/q2*-1;/i;13D2;. The van der Waals surface area contributed by atoms with Gasteiger partial charge in [0.1, 0.15) is 5.58 Å². The van der Waals surface area contributed by atoms with Gasteiger partial charge in [0, 0.05) is 46.3 Å². The van der Waals surface area contributed by atoms with Gasteiger partial charge in [-0.3, -0.25) is 9.97 Å². The van der Waals surface area contributed by atoms with Gasteiger partial charge in [-0.2, -0.15) is 0 Å². The monoisotopic (exact) mass is 997 g/mol. The summed E-state index contributed by atoms with van der Waals surface area (Å²) in [4.78, 5) is 14.1. The summed E-state index contributed by atoms with van der Waals surface area (Å²) in [6.07, 6.45) is 4.12. The number of imidazole rings is 1. The van der Waals surface area contributed by atoms with Crippen LogP contribution < -0.4 is 5.19 Å². The number of furan rings is 1. The van der Waals surface area contributed by atoms with Crippen LogP contribution in [0.15, 0.2) is 138 Å². The van der Waals surface area contributed by atoms with Crippen molar-refractivity contribution in [3.8, 4) is 39.5 Å². The van der Waals surface area contributed by atoms with Gasteiger partial charge in [0.05, 0.1) is 36.7 Å². The summed E-state index contributed by atoms with van der Waals surface area (Å²) in [6.45, 7) is 21.5. The van der Waals surface area contributed by atoms with Crippen molar-refractivity contribution in [2.24, 2.45) is 5.41 Å². The molecule has 5 aromatic carbocycles. The minimum atomic E-state index is -1.70. The molecule has 1 radical (unpaired) electrons. The van der Waals surface area contributed by atoms with Gasteiger partial charge in [-0.25, -0.2) is 0 Å². The smallest absolute Gasteiger partial charge is 0.120 e. The fourth-order valence-electron chi connectivity index (χ4n) is 7.84. The summed E-state index contributed by atoms with van der Waals surface area (Å²) in [5.74, 6) is 0.792. The van der Waals surface area contributed by atoms with Crippen molar-refractivity contribution in [2.45, 2.75) is 79.9 Å². The van der Waals surface area contributed by atoms with Gasteiger partial charge in [-0.1, -0.05) is 145 Å². The van der Waals surface area contributed by atoms with Gasteiger partial charge >= 0.3 is 0 Å². The van der Waals surface area contributed by atoms with Crippen LogP contribution >= 0.6 is 0 Å². The van der Waals surface area contributed by atoms with Crippen LogP contribution in [0.3, 0.4) is 0 Å². The Morgan fingerprint density at radius 1 is 0.803 bits per heavy atom. The summed E-state index contributed by atoms with van der Waals surface area (Å²) in [7, 11) is -1.70. The minimum absolute atomic E-state index is 0. The second-order valence-electron chi connectivity index (χ2n) is 18.6. The number of para-hydroxylation sites is 1. The van der Waals surface area contributed by atoms with Crippen LogP contribution in [0.4, 0.5) is 0 Å². The number of pyridine rings is 2. The SMILES string of the molecule is Cc1c[c-]c(-c2nc3cnccc3n2-c2ccc(-c3ccccc3)cc2C(C)(C)C)c2oc3ccccc3c12.[2H]C([2H])(c1cc(-c2[c-]cccc2)ncc1[Si](C)(C)C)C(C)(C)C.[Ir]. The Morgan fingerprint density at radius 3 is 2.25 bits per heavy atom. The predicted octanol–water partition coefficient (Wildman–Crippen LogP) is 13.7. The van der Waals surface area contributed by atoms with Gasteiger partial charge in [-0.15, -0.1) is 53.6 Å². The van der Waals surface area contributed by atoms with Crippen molar-refractivity contribution in [1.82, 2.24) is 19.5 Å². The van der Waals surface area contributed by atoms with Crippen LogP contribution in [0.1, 0.15) is 61.0 Å². The van der Waals surface area contributed by atoms with E-state index in [9.17, 15) is 0 Å². The minimum Gasteiger partial charge on any atom is -0.501 e. The van der Waals surface area contributed by atoms with Gasteiger partial charge in [0.15, 0.2) is 0 Å². The second-order valence-corrected chi connectivity index (χ2v) is 23.7. The van der Waals surface area contributed by atoms with E-state index in [1.807, 2.05) is 94.0 Å². The van der Waals surface area contributed by atoms with E-state index in [0.29, 0.717) is 0 Å². The van der Waals surface area contributed by atoms with Crippen LogP contribution in [0.5, 0.6) is 0 Å². The maximum Gasteiger partial charge on any atom is 0.120 e. The van der Waals surface area contributed by atoms with Gasteiger partial charge in [0.25, 0.3) is 0 Å². The second kappa shape index (κ2) is 17.1. The summed E-state index contributed by atoms with van der Waals surface area (Å²) >= 11 is 0. The quantitative estimate of drug-likeness (QED) is 0.123. The summed E-state index contributed by atoms with van der Waals surface area (Å²) in [6, 6.07) is 45.9. The van der Waals surface area contributed by atoms with E-state index in [0.717, 1.165) is 77.6 Å². The zero-order valence-corrected chi connectivity index (χ0v) is 40.1. The molecule has 0 amide bonds. The molecule has 0 atom stereocenters. The molecule has 9 aromatic rings. The summed E-state index contributed by atoms with van der Waals surface area (Å²) < 4.78 is 26.2. The number of aromatic nitrogens is 4.